The highest BCUT2D eigenvalue weighted by Crippen LogP contribution is 2.35. The van der Waals surface area contributed by atoms with Gasteiger partial charge in [0.1, 0.15) is 17.3 Å². The van der Waals surface area contributed by atoms with Gasteiger partial charge in [-0.2, -0.15) is 5.10 Å². The zero-order valence-electron chi connectivity index (χ0n) is 20.5. The fourth-order valence-electron chi connectivity index (χ4n) is 3.81. The number of carbonyl (C=O) groups is 1. The number of nitrogen functional groups attached to an aromatic ring is 1. The van der Waals surface area contributed by atoms with Gasteiger partial charge in [0.15, 0.2) is 0 Å². The molecule has 8 nitrogen and oxygen atoms in total. The van der Waals surface area contributed by atoms with Gasteiger partial charge in [-0.25, -0.2) is 4.98 Å². The summed E-state index contributed by atoms with van der Waals surface area (Å²) < 4.78 is 7.76. The zero-order valence-corrected chi connectivity index (χ0v) is 20.5. The van der Waals surface area contributed by atoms with Crippen molar-refractivity contribution in [1.29, 1.82) is 0 Å². The highest BCUT2D eigenvalue weighted by molar-refractivity contribution is 5.94. The first kappa shape index (κ1) is 25.1. The Morgan fingerprint density at radius 1 is 1.24 bits per heavy atom. The summed E-state index contributed by atoms with van der Waals surface area (Å²) in [5.41, 5.74) is 8.69. The van der Waals surface area contributed by atoms with Crippen molar-refractivity contribution in [1.82, 2.24) is 20.1 Å². The molecule has 0 unspecified atom stereocenters. The number of phenols is 1. The van der Waals surface area contributed by atoms with Crippen LogP contribution in [-0.4, -0.2) is 38.9 Å². The van der Waals surface area contributed by atoms with Crippen LogP contribution in [0.15, 0.2) is 42.7 Å². The second-order valence-corrected chi connectivity index (χ2v) is 9.29. The van der Waals surface area contributed by atoms with Crippen molar-refractivity contribution < 1.29 is 14.6 Å². The molecular weight excluding hydrogens is 430 g/mol. The topological polar surface area (TPSA) is 115 Å². The number of carbonyl (C=O) groups excluding carboxylic acids is 1. The van der Waals surface area contributed by atoms with E-state index in [4.69, 9.17) is 10.5 Å². The largest absolute Gasteiger partial charge is 0.507 e. The lowest BCUT2D eigenvalue weighted by Crippen LogP contribution is -2.34. The van der Waals surface area contributed by atoms with E-state index in [1.807, 2.05) is 19.2 Å². The molecule has 8 heteroatoms. The highest BCUT2D eigenvalue weighted by Gasteiger charge is 2.19. The number of ether oxygens (including phenoxy) is 1. The molecule has 0 aliphatic rings. The van der Waals surface area contributed by atoms with E-state index >= 15 is 0 Å². The van der Waals surface area contributed by atoms with Crippen LogP contribution in [0.3, 0.4) is 0 Å². The molecule has 3 rings (SSSR count). The van der Waals surface area contributed by atoms with Gasteiger partial charge >= 0.3 is 0 Å². The third-order valence-electron chi connectivity index (χ3n) is 5.94. The number of nitrogens with one attached hydrogen (secondary N) is 1. The Labute approximate surface area is 201 Å². The normalized spacial score (nSPS) is 11.4. The quantitative estimate of drug-likeness (QED) is 0.363. The van der Waals surface area contributed by atoms with Gasteiger partial charge < -0.3 is 20.9 Å². The average Bonchev–Trinajstić information content (AvgIpc) is 3.23. The molecule has 0 aliphatic carbocycles. The summed E-state index contributed by atoms with van der Waals surface area (Å²) in [7, 11) is 1.85. The average molecular weight is 466 g/mol. The van der Waals surface area contributed by atoms with Crippen LogP contribution in [0.25, 0.3) is 11.3 Å². The van der Waals surface area contributed by atoms with Crippen LogP contribution in [0.2, 0.25) is 0 Å². The molecule has 0 fully saturated rings. The van der Waals surface area contributed by atoms with Crippen molar-refractivity contribution in [2.45, 2.75) is 46.5 Å². The van der Waals surface area contributed by atoms with Gasteiger partial charge in [0, 0.05) is 37.6 Å². The molecule has 2 heterocycles. The number of benzene rings is 1. The predicted molar refractivity (Wildman–Crippen MR) is 134 cm³/mol. The van der Waals surface area contributed by atoms with Gasteiger partial charge in [-0.15, -0.1) is 0 Å². The lowest BCUT2D eigenvalue weighted by Gasteiger charge is -2.25. The number of nitrogens with zero attached hydrogens (tertiary/aromatic N) is 3. The van der Waals surface area contributed by atoms with E-state index in [0.29, 0.717) is 24.5 Å². The second-order valence-electron chi connectivity index (χ2n) is 9.29. The van der Waals surface area contributed by atoms with Gasteiger partial charge in [-0.3, -0.25) is 9.48 Å². The minimum atomic E-state index is -0.148. The molecular formula is C26H35N5O3. The minimum absolute atomic E-state index is 0.0471. The summed E-state index contributed by atoms with van der Waals surface area (Å²) in [6.07, 6.45) is 6.80. The predicted octanol–water partition coefficient (Wildman–Crippen LogP) is 4.34. The number of phenolic OH excluding ortho intramolecular Hbond substituents is 1. The molecule has 1 aromatic carbocycles. The van der Waals surface area contributed by atoms with E-state index in [0.717, 1.165) is 48.3 Å². The van der Waals surface area contributed by atoms with Gasteiger partial charge in [-0.1, -0.05) is 20.8 Å². The SMILES string of the molecule is CCc1cc(-c2ccnn2C)c(O)cc1OCCCCC(C)(C)CNC(=O)c1ccc(N)nc1. The molecule has 34 heavy (non-hydrogen) atoms. The molecule has 0 saturated heterocycles. The summed E-state index contributed by atoms with van der Waals surface area (Å²) in [5.74, 6) is 1.15. The lowest BCUT2D eigenvalue weighted by atomic mass is 9.87. The van der Waals surface area contributed by atoms with E-state index in [1.54, 1.807) is 29.1 Å². The van der Waals surface area contributed by atoms with Crippen LogP contribution < -0.4 is 15.8 Å². The number of anilines is 1. The molecule has 0 saturated carbocycles. The van der Waals surface area contributed by atoms with Gasteiger partial charge in [0.05, 0.1) is 17.9 Å². The molecule has 0 aliphatic heterocycles. The molecule has 4 N–H and O–H groups in total. The van der Waals surface area contributed by atoms with Crippen molar-refractivity contribution >= 4 is 11.7 Å². The third kappa shape index (κ3) is 6.50. The van der Waals surface area contributed by atoms with Crippen LogP contribution in [0.5, 0.6) is 11.5 Å². The summed E-state index contributed by atoms with van der Waals surface area (Å²) >= 11 is 0. The summed E-state index contributed by atoms with van der Waals surface area (Å²) in [6, 6.07) is 8.85. The van der Waals surface area contributed by atoms with Crippen molar-refractivity contribution in [2.75, 3.05) is 18.9 Å². The van der Waals surface area contributed by atoms with Crippen molar-refractivity contribution in [2.24, 2.45) is 12.5 Å². The van der Waals surface area contributed by atoms with Gasteiger partial charge in [0.25, 0.3) is 5.91 Å². The zero-order chi connectivity index (χ0) is 24.7. The van der Waals surface area contributed by atoms with Crippen LogP contribution in [0.4, 0.5) is 5.82 Å². The molecule has 2 aromatic heterocycles. The Hall–Kier alpha value is -3.55. The van der Waals surface area contributed by atoms with Crippen LogP contribution in [0.1, 0.15) is 56.0 Å². The Kier molecular flexibility index (Phi) is 8.15. The maximum absolute atomic E-state index is 12.3. The number of rotatable bonds is 11. The number of aryl methyl sites for hydroxylation is 2. The smallest absolute Gasteiger partial charge is 0.252 e. The molecule has 0 bridgehead atoms. The molecule has 0 radical (unpaired) electrons. The van der Waals surface area contributed by atoms with Gasteiger partial charge in [-0.05, 0) is 60.9 Å². The number of hydrogen-bond acceptors (Lipinski definition) is 6. The number of aromatic hydroxyl groups is 1. The Bertz CT molecular complexity index is 1110. The third-order valence-corrected chi connectivity index (χ3v) is 5.94. The van der Waals surface area contributed by atoms with E-state index in [9.17, 15) is 9.90 Å². The maximum atomic E-state index is 12.3. The standard InChI is InChI=1S/C26H35N5O3/c1-5-18-14-20(21-10-12-30-31(21)4)22(32)15-23(18)34-13-7-6-11-26(2,3)17-29-25(33)19-8-9-24(27)28-16-19/h8-10,12,14-16,32H,5-7,11,13,17H2,1-4H3,(H2,27,28)(H,29,33). The summed E-state index contributed by atoms with van der Waals surface area (Å²) in [4.78, 5) is 16.3. The molecule has 0 atom stereocenters. The monoisotopic (exact) mass is 465 g/mol. The minimum Gasteiger partial charge on any atom is -0.507 e. The van der Waals surface area contributed by atoms with E-state index in [1.165, 1.54) is 6.20 Å². The van der Waals surface area contributed by atoms with Crippen LogP contribution in [-0.2, 0) is 13.5 Å². The second kappa shape index (κ2) is 11.0. The summed E-state index contributed by atoms with van der Waals surface area (Å²) in [5, 5.41) is 17.7. The number of nitrogens with two attached hydrogens (primary N) is 1. The van der Waals surface area contributed by atoms with Crippen molar-refractivity contribution in [3.63, 3.8) is 0 Å². The van der Waals surface area contributed by atoms with E-state index in [-0.39, 0.29) is 17.1 Å². The van der Waals surface area contributed by atoms with Crippen LogP contribution >= 0.6 is 0 Å². The van der Waals surface area contributed by atoms with Crippen molar-refractivity contribution in [3.05, 3.63) is 53.9 Å². The Balaban J connectivity index is 1.46. The first-order chi connectivity index (χ1) is 16.2. The number of amides is 1. The molecule has 0 spiro atoms. The number of hydrogen-bond donors (Lipinski definition) is 3. The molecule has 1 amide bonds. The Morgan fingerprint density at radius 3 is 2.68 bits per heavy atom. The van der Waals surface area contributed by atoms with Crippen molar-refractivity contribution in [3.8, 4) is 22.8 Å². The van der Waals surface area contributed by atoms with Crippen LogP contribution in [0, 0.1) is 5.41 Å². The highest BCUT2D eigenvalue weighted by atomic mass is 16.5. The Morgan fingerprint density at radius 2 is 2.03 bits per heavy atom. The first-order valence-corrected chi connectivity index (χ1v) is 11.7. The number of aromatic nitrogens is 3. The van der Waals surface area contributed by atoms with E-state index < -0.39 is 0 Å². The summed E-state index contributed by atoms with van der Waals surface area (Å²) in [6.45, 7) is 7.49. The number of unbranched alkanes of at least 4 members (excludes halogenated alkanes) is 1. The molecule has 3 aromatic rings. The first-order valence-electron chi connectivity index (χ1n) is 11.7. The lowest BCUT2D eigenvalue weighted by molar-refractivity contribution is 0.0933. The number of pyridine rings is 1. The fraction of sp³-hybridized carbons (Fsp3) is 0.423. The molecule has 182 valence electrons. The fourth-order valence-corrected chi connectivity index (χ4v) is 3.81. The van der Waals surface area contributed by atoms with Gasteiger partial charge in [0.2, 0.25) is 0 Å². The van der Waals surface area contributed by atoms with E-state index in [2.05, 4.69) is 36.2 Å². The maximum Gasteiger partial charge on any atom is 0.252 e.